The van der Waals surface area contributed by atoms with E-state index >= 15 is 0 Å². The van der Waals surface area contributed by atoms with E-state index in [0.717, 1.165) is 19.3 Å². The lowest BCUT2D eigenvalue weighted by atomic mass is 9.65. The molecule has 0 radical (unpaired) electrons. The van der Waals surface area contributed by atoms with Gasteiger partial charge in [-0.2, -0.15) is 17.0 Å². The van der Waals surface area contributed by atoms with Crippen molar-refractivity contribution in [1.29, 1.82) is 0 Å². The van der Waals surface area contributed by atoms with E-state index in [1.165, 1.54) is 11.4 Å². The average molecular weight is 318 g/mol. The van der Waals surface area contributed by atoms with Crippen molar-refractivity contribution in [2.75, 3.05) is 20.1 Å². The summed E-state index contributed by atoms with van der Waals surface area (Å²) in [6.07, 6.45) is 2.63. The lowest BCUT2D eigenvalue weighted by molar-refractivity contribution is -0.137. The van der Waals surface area contributed by atoms with Crippen LogP contribution in [0.1, 0.15) is 46.5 Å². The van der Waals surface area contributed by atoms with E-state index < -0.39 is 16.2 Å². The molecule has 21 heavy (non-hydrogen) atoms. The highest BCUT2D eigenvalue weighted by atomic mass is 32.2. The van der Waals surface area contributed by atoms with E-state index in [1.54, 1.807) is 4.31 Å². The third-order valence-electron chi connectivity index (χ3n) is 4.70. The Morgan fingerprint density at radius 3 is 2.52 bits per heavy atom. The van der Waals surface area contributed by atoms with Crippen LogP contribution < -0.4 is 0 Å². The molecule has 2 unspecified atom stereocenters. The molecule has 0 spiro atoms. The van der Waals surface area contributed by atoms with Crippen LogP contribution in [0.5, 0.6) is 0 Å². The highest BCUT2D eigenvalue weighted by molar-refractivity contribution is 7.86. The van der Waals surface area contributed by atoms with Crippen molar-refractivity contribution in [2.45, 2.75) is 52.5 Å². The first kappa shape index (κ1) is 16.7. The second kappa shape index (κ2) is 5.21. The van der Waals surface area contributed by atoms with Crippen molar-refractivity contribution in [2.24, 2.45) is 10.8 Å². The summed E-state index contributed by atoms with van der Waals surface area (Å²) >= 11 is 0. The molecule has 0 amide bonds. The Morgan fingerprint density at radius 1 is 1.33 bits per heavy atom. The normalized spacial score (nSPS) is 32.5. The molecule has 2 aliphatic rings. The molecular formula is C14H26N2O4S. The molecule has 2 atom stereocenters. The molecule has 6 nitrogen and oxygen atoms in total. The molecule has 1 N–H and O–H groups in total. The van der Waals surface area contributed by atoms with E-state index in [2.05, 4.69) is 20.8 Å². The minimum atomic E-state index is -3.57. The maximum Gasteiger partial charge on any atom is 0.304 e. The fourth-order valence-electron chi connectivity index (χ4n) is 4.23. The van der Waals surface area contributed by atoms with Gasteiger partial charge in [-0.1, -0.05) is 20.8 Å². The van der Waals surface area contributed by atoms with Crippen LogP contribution in [-0.2, 0) is 15.0 Å². The van der Waals surface area contributed by atoms with Gasteiger partial charge in [-0.15, -0.1) is 0 Å². The van der Waals surface area contributed by atoms with Crippen molar-refractivity contribution in [3.63, 3.8) is 0 Å². The minimum absolute atomic E-state index is 0.0149. The summed E-state index contributed by atoms with van der Waals surface area (Å²) in [5.41, 5.74) is 0.189. The van der Waals surface area contributed by atoms with Crippen molar-refractivity contribution in [1.82, 2.24) is 8.61 Å². The Labute approximate surface area is 127 Å². The molecule has 7 heteroatoms. The Bertz CT molecular complexity index is 531. The summed E-state index contributed by atoms with van der Waals surface area (Å²) in [7, 11) is -2.11. The molecule has 122 valence electrons. The van der Waals surface area contributed by atoms with Gasteiger partial charge in [-0.3, -0.25) is 4.79 Å². The van der Waals surface area contributed by atoms with Crippen molar-refractivity contribution < 1.29 is 18.3 Å². The number of rotatable bonds is 5. The molecule has 0 aromatic rings. The van der Waals surface area contributed by atoms with Gasteiger partial charge in [0.25, 0.3) is 10.2 Å². The summed E-state index contributed by atoms with van der Waals surface area (Å²) in [6.45, 7) is 7.11. The van der Waals surface area contributed by atoms with Crippen molar-refractivity contribution >= 4 is 16.2 Å². The molecule has 0 aromatic carbocycles. The second-order valence-electron chi connectivity index (χ2n) is 7.73. The number of hydrogen-bond acceptors (Lipinski definition) is 3. The second-order valence-corrected chi connectivity index (χ2v) is 9.72. The number of carboxylic acids is 1. The van der Waals surface area contributed by atoms with Crippen LogP contribution in [0.25, 0.3) is 0 Å². The number of carboxylic acid groups (broad SMARTS) is 1. The van der Waals surface area contributed by atoms with E-state index in [0.29, 0.717) is 6.54 Å². The third kappa shape index (κ3) is 3.40. The number of aliphatic carboxylic acids is 1. The van der Waals surface area contributed by atoms with Gasteiger partial charge in [0.05, 0.1) is 6.42 Å². The number of fused-ring (bicyclic) bond motifs is 2. The highest BCUT2D eigenvalue weighted by Gasteiger charge is 2.53. The lowest BCUT2D eigenvalue weighted by Gasteiger charge is -2.39. The average Bonchev–Trinajstić information content (AvgIpc) is 2.55. The molecule has 1 aliphatic heterocycles. The Kier molecular flexibility index (Phi) is 4.14. The lowest BCUT2D eigenvalue weighted by Crippen LogP contribution is -2.45. The first-order valence-electron chi connectivity index (χ1n) is 7.40. The molecule has 1 aliphatic carbocycles. The molecule has 1 saturated heterocycles. The van der Waals surface area contributed by atoms with Crippen LogP contribution in [0.15, 0.2) is 0 Å². The van der Waals surface area contributed by atoms with E-state index in [-0.39, 0.29) is 29.8 Å². The Hall–Kier alpha value is -0.660. The van der Waals surface area contributed by atoms with Crippen molar-refractivity contribution in [3.05, 3.63) is 0 Å². The molecule has 1 saturated carbocycles. The monoisotopic (exact) mass is 318 g/mol. The van der Waals surface area contributed by atoms with Crippen LogP contribution in [0.3, 0.4) is 0 Å². The van der Waals surface area contributed by atoms with Crippen molar-refractivity contribution in [3.8, 4) is 0 Å². The molecule has 1 heterocycles. The van der Waals surface area contributed by atoms with Crippen LogP contribution in [-0.4, -0.2) is 54.3 Å². The predicted octanol–water partition coefficient (Wildman–Crippen LogP) is 1.54. The van der Waals surface area contributed by atoms with E-state index in [9.17, 15) is 13.2 Å². The van der Waals surface area contributed by atoms with Gasteiger partial charge in [0.15, 0.2) is 0 Å². The fourth-order valence-corrected chi connectivity index (χ4v) is 5.91. The van der Waals surface area contributed by atoms with Gasteiger partial charge in [0.1, 0.15) is 0 Å². The third-order valence-corrected chi connectivity index (χ3v) is 6.69. The smallest absolute Gasteiger partial charge is 0.304 e. The summed E-state index contributed by atoms with van der Waals surface area (Å²) in [6, 6.07) is 0.0380. The number of carbonyl (C=O) groups is 1. The zero-order chi connectivity index (χ0) is 16.1. The fraction of sp³-hybridized carbons (Fsp3) is 0.929. The van der Waals surface area contributed by atoms with Crippen LogP contribution in [0, 0.1) is 10.8 Å². The van der Waals surface area contributed by atoms with E-state index in [1.807, 2.05) is 0 Å². The quantitative estimate of drug-likeness (QED) is 0.834. The maximum absolute atomic E-state index is 12.7. The van der Waals surface area contributed by atoms with Crippen LogP contribution >= 0.6 is 0 Å². The summed E-state index contributed by atoms with van der Waals surface area (Å²) in [5, 5.41) is 8.72. The zero-order valence-corrected chi connectivity index (χ0v) is 14.1. The summed E-state index contributed by atoms with van der Waals surface area (Å²) in [4.78, 5) is 10.6. The van der Waals surface area contributed by atoms with Gasteiger partial charge in [-0.05, 0) is 30.1 Å². The Balaban J connectivity index is 2.16. The van der Waals surface area contributed by atoms with Gasteiger partial charge in [-0.25, -0.2) is 0 Å². The number of hydrogen-bond donors (Lipinski definition) is 1. The standard InChI is InChI=1S/C14H26N2O4S/c1-13(2)7-11-8-14(3,9-13)10-16(11)21(19,20)15(4)6-5-12(17)18/h11H,5-10H2,1-4H3,(H,17,18). The summed E-state index contributed by atoms with van der Waals surface area (Å²) < 4.78 is 28.2. The number of nitrogens with zero attached hydrogens (tertiary/aromatic N) is 2. The van der Waals surface area contributed by atoms with Crippen LogP contribution in [0.4, 0.5) is 0 Å². The zero-order valence-electron chi connectivity index (χ0n) is 13.3. The van der Waals surface area contributed by atoms with Gasteiger partial charge >= 0.3 is 5.97 Å². The minimum Gasteiger partial charge on any atom is -0.481 e. The maximum atomic E-state index is 12.7. The SMILES string of the molecule is CN(CCC(=O)O)S(=O)(=O)N1CC2(C)CC1CC(C)(C)C2. The molecule has 2 bridgehead atoms. The van der Waals surface area contributed by atoms with E-state index in [4.69, 9.17) is 5.11 Å². The largest absolute Gasteiger partial charge is 0.481 e. The first-order chi connectivity index (χ1) is 9.45. The highest BCUT2D eigenvalue weighted by Crippen LogP contribution is 2.53. The molecule has 2 rings (SSSR count). The van der Waals surface area contributed by atoms with Gasteiger partial charge in [0, 0.05) is 26.2 Å². The van der Waals surface area contributed by atoms with Gasteiger partial charge in [0.2, 0.25) is 0 Å². The topological polar surface area (TPSA) is 77.9 Å². The van der Waals surface area contributed by atoms with Gasteiger partial charge < -0.3 is 5.11 Å². The molecule has 2 fully saturated rings. The molecule has 0 aromatic heterocycles. The summed E-state index contributed by atoms with van der Waals surface area (Å²) in [5.74, 6) is -0.981. The predicted molar refractivity (Wildman–Crippen MR) is 80.0 cm³/mol. The first-order valence-corrected chi connectivity index (χ1v) is 8.80. The Morgan fingerprint density at radius 2 is 1.95 bits per heavy atom. The van der Waals surface area contributed by atoms with Crippen LogP contribution in [0.2, 0.25) is 0 Å². The molecular weight excluding hydrogens is 292 g/mol.